The molecule has 2 N–H and O–H groups in total. The van der Waals surface area contributed by atoms with E-state index in [2.05, 4.69) is 35.9 Å². The normalized spacial score (nSPS) is 10.5. The van der Waals surface area contributed by atoms with Crippen LogP contribution >= 0.6 is 15.9 Å². The van der Waals surface area contributed by atoms with Gasteiger partial charge in [0.2, 0.25) is 5.88 Å². The van der Waals surface area contributed by atoms with Crippen molar-refractivity contribution in [2.45, 2.75) is 0 Å². The van der Waals surface area contributed by atoms with E-state index in [1.165, 1.54) is 12.5 Å². The predicted octanol–water partition coefficient (Wildman–Crippen LogP) is 2.36. The van der Waals surface area contributed by atoms with Crippen molar-refractivity contribution in [1.29, 1.82) is 0 Å². The number of aromatic amines is 1. The second-order valence-electron chi connectivity index (χ2n) is 4.21. The Kier molecular flexibility index (Phi) is 3.49. The molecule has 0 radical (unpaired) electrons. The highest BCUT2D eigenvalue weighted by atomic mass is 79.9. The molecular formula is C14H9BrN4O2. The molecule has 0 unspecified atom stereocenters. The largest absolute Gasteiger partial charge is 0.493 e. The zero-order chi connectivity index (χ0) is 14.8. The van der Waals surface area contributed by atoms with Crippen LogP contribution in [0.15, 0.2) is 52.1 Å². The van der Waals surface area contributed by atoms with Gasteiger partial charge in [0, 0.05) is 10.7 Å². The average molecular weight is 345 g/mol. The average Bonchev–Trinajstić information content (AvgIpc) is 2.49. The number of H-pyrrole nitrogens is 1. The number of nitrogens with one attached hydrogen (secondary N) is 1. The monoisotopic (exact) mass is 344 g/mol. The van der Waals surface area contributed by atoms with Gasteiger partial charge in [-0.25, -0.2) is 9.97 Å². The second kappa shape index (κ2) is 5.45. The van der Waals surface area contributed by atoms with Crippen molar-refractivity contribution < 1.29 is 5.11 Å². The molecule has 3 rings (SSSR count). The Morgan fingerprint density at radius 2 is 1.90 bits per heavy atom. The number of aromatic nitrogens is 4. The molecule has 1 aromatic carbocycles. The molecule has 21 heavy (non-hydrogen) atoms. The van der Waals surface area contributed by atoms with Gasteiger partial charge < -0.3 is 10.1 Å². The minimum atomic E-state index is -0.432. The maximum Gasteiger partial charge on any atom is 0.262 e. The molecule has 0 aliphatic carbocycles. The summed E-state index contributed by atoms with van der Waals surface area (Å²) in [5.74, 6) is -0.143. The fraction of sp³-hybridized carbons (Fsp3) is 0. The molecule has 0 aliphatic rings. The highest BCUT2D eigenvalue weighted by Crippen LogP contribution is 2.26. The van der Waals surface area contributed by atoms with Gasteiger partial charge >= 0.3 is 0 Å². The first-order valence-corrected chi connectivity index (χ1v) is 6.80. The molecule has 0 saturated heterocycles. The summed E-state index contributed by atoms with van der Waals surface area (Å²) in [6, 6.07) is 8.61. The van der Waals surface area contributed by atoms with Crippen molar-refractivity contribution in [2.75, 3.05) is 0 Å². The van der Waals surface area contributed by atoms with Gasteiger partial charge in [-0.05, 0) is 23.8 Å². The number of aromatic hydroxyl groups is 1. The fourth-order valence-corrected chi connectivity index (χ4v) is 2.15. The lowest BCUT2D eigenvalue weighted by Crippen LogP contribution is -2.12. The first kappa shape index (κ1) is 13.4. The maximum absolute atomic E-state index is 12.2. The van der Waals surface area contributed by atoms with Gasteiger partial charge in [-0.3, -0.25) is 4.79 Å². The topological polar surface area (TPSA) is 91.8 Å². The number of hydrogen-bond donors (Lipinski definition) is 2. The van der Waals surface area contributed by atoms with E-state index >= 15 is 0 Å². The zero-order valence-electron chi connectivity index (χ0n) is 10.6. The third-order valence-corrected chi connectivity index (χ3v) is 3.39. The molecule has 0 spiro atoms. The summed E-state index contributed by atoms with van der Waals surface area (Å²) in [6.07, 6.45) is 2.87. The molecule has 0 atom stereocenters. The second-order valence-corrected chi connectivity index (χ2v) is 5.13. The van der Waals surface area contributed by atoms with Gasteiger partial charge in [-0.1, -0.05) is 28.1 Å². The smallest absolute Gasteiger partial charge is 0.262 e. The summed E-state index contributed by atoms with van der Waals surface area (Å²) < 4.78 is 0.882. The maximum atomic E-state index is 12.2. The lowest BCUT2D eigenvalue weighted by molar-refractivity contribution is 0.454. The van der Waals surface area contributed by atoms with Crippen molar-refractivity contribution in [3.05, 3.63) is 57.7 Å². The van der Waals surface area contributed by atoms with Gasteiger partial charge in [0.1, 0.15) is 17.6 Å². The molecular weight excluding hydrogens is 336 g/mol. The third-order valence-electron chi connectivity index (χ3n) is 2.86. The van der Waals surface area contributed by atoms with Gasteiger partial charge in [-0.15, -0.1) is 0 Å². The Morgan fingerprint density at radius 3 is 2.52 bits per heavy atom. The van der Waals surface area contributed by atoms with E-state index in [0.717, 1.165) is 4.47 Å². The van der Waals surface area contributed by atoms with Crippen molar-refractivity contribution in [1.82, 2.24) is 19.9 Å². The van der Waals surface area contributed by atoms with E-state index in [0.29, 0.717) is 11.3 Å². The summed E-state index contributed by atoms with van der Waals surface area (Å²) in [5.41, 5.74) is 0.706. The standard InChI is InChI=1S/C14H9BrN4O2/c15-9-3-1-8(2-4-9)11-13(20)18-12(19-14(11)21)10-5-6-16-7-17-10/h1-7H,(H2,18,19,20,21). The van der Waals surface area contributed by atoms with E-state index in [1.807, 2.05) is 0 Å². The number of benzene rings is 1. The SMILES string of the molecule is O=c1[nH]c(-c2ccncn2)nc(O)c1-c1ccc(Br)cc1. The van der Waals surface area contributed by atoms with Crippen molar-refractivity contribution in [2.24, 2.45) is 0 Å². The van der Waals surface area contributed by atoms with Crippen LogP contribution in [0.3, 0.4) is 0 Å². The van der Waals surface area contributed by atoms with Crippen molar-refractivity contribution >= 4 is 15.9 Å². The predicted molar refractivity (Wildman–Crippen MR) is 80.7 cm³/mol. The zero-order valence-corrected chi connectivity index (χ0v) is 12.2. The van der Waals surface area contributed by atoms with Crippen LogP contribution in [-0.2, 0) is 0 Å². The Bertz CT molecular complexity index is 832. The van der Waals surface area contributed by atoms with Crippen LogP contribution in [0.1, 0.15) is 0 Å². The summed E-state index contributed by atoms with van der Waals surface area (Å²) in [6.45, 7) is 0. The number of rotatable bonds is 2. The summed E-state index contributed by atoms with van der Waals surface area (Å²) >= 11 is 3.32. The summed E-state index contributed by atoms with van der Waals surface area (Å²) in [7, 11) is 0. The first-order chi connectivity index (χ1) is 10.1. The Labute approximate surface area is 127 Å². The molecule has 0 amide bonds. The van der Waals surface area contributed by atoms with Crippen LogP contribution < -0.4 is 5.56 Å². The molecule has 0 aliphatic heterocycles. The molecule has 6 nitrogen and oxygen atoms in total. The molecule has 104 valence electrons. The van der Waals surface area contributed by atoms with Gasteiger partial charge in [-0.2, -0.15) is 4.98 Å². The van der Waals surface area contributed by atoms with E-state index in [1.54, 1.807) is 30.3 Å². The van der Waals surface area contributed by atoms with Crippen molar-refractivity contribution in [3.63, 3.8) is 0 Å². The quantitative estimate of drug-likeness (QED) is 0.744. The minimum absolute atomic E-state index is 0.125. The van der Waals surface area contributed by atoms with Crippen LogP contribution in [0.2, 0.25) is 0 Å². The molecule has 0 bridgehead atoms. The highest BCUT2D eigenvalue weighted by Gasteiger charge is 2.14. The van der Waals surface area contributed by atoms with E-state index < -0.39 is 5.56 Å². The van der Waals surface area contributed by atoms with E-state index in [-0.39, 0.29) is 17.3 Å². The van der Waals surface area contributed by atoms with Gasteiger partial charge in [0.15, 0.2) is 5.82 Å². The molecule has 7 heteroatoms. The summed E-state index contributed by atoms with van der Waals surface area (Å²) in [5, 5.41) is 10.1. The Hall–Kier alpha value is -2.54. The molecule has 2 aromatic heterocycles. The molecule has 3 aromatic rings. The van der Waals surface area contributed by atoms with Crippen LogP contribution in [0.5, 0.6) is 5.88 Å². The van der Waals surface area contributed by atoms with Crippen LogP contribution in [0.4, 0.5) is 0 Å². The lowest BCUT2D eigenvalue weighted by atomic mass is 10.1. The molecule has 0 fully saturated rings. The third kappa shape index (κ3) is 2.68. The van der Waals surface area contributed by atoms with Crippen LogP contribution in [-0.4, -0.2) is 25.0 Å². The summed E-state index contributed by atoms with van der Waals surface area (Å²) in [4.78, 5) is 26.6. The van der Waals surface area contributed by atoms with Crippen LogP contribution in [0.25, 0.3) is 22.6 Å². The Balaban J connectivity index is 2.13. The Morgan fingerprint density at radius 1 is 1.14 bits per heavy atom. The van der Waals surface area contributed by atoms with Gasteiger partial charge in [0.05, 0.1) is 0 Å². The minimum Gasteiger partial charge on any atom is -0.493 e. The number of hydrogen-bond acceptors (Lipinski definition) is 5. The first-order valence-electron chi connectivity index (χ1n) is 6.01. The number of nitrogens with zero attached hydrogens (tertiary/aromatic N) is 3. The molecule has 2 heterocycles. The van der Waals surface area contributed by atoms with Crippen LogP contribution in [0, 0.1) is 0 Å². The number of halogens is 1. The van der Waals surface area contributed by atoms with Gasteiger partial charge in [0.25, 0.3) is 5.56 Å². The van der Waals surface area contributed by atoms with E-state index in [4.69, 9.17) is 0 Å². The fourth-order valence-electron chi connectivity index (χ4n) is 1.89. The highest BCUT2D eigenvalue weighted by molar-refractivity contribution is 9.10. The van der Waals surface area contributed by atoms with Crippen molar-refractivity contribution in [3.8, 4) is 28.5 Å². The molecule has 0 saturated carbocycles. The van der Waals surface area contributed by atoms with E-state index in [9.17, 15) is 9.90 Å². The lowest BCUT2D eigenvalue weighted by Gasteiger charge is -2.06.